The minimum Gasteiger partial charge on any atom is -0.280 e. The quantitative estimate of drug-likeness (QED) is 0.846. The van der Waals surface area contributed by atoms with Crippen molar-refractivity contribution in [2.75, 3.05) is 0 Å². The molecule has 3 nitrogen and oxygen atoms in total. The molecule has 0 aliphatic rings. The van der Waals surface area contributed by atoms with E-state index in [-0.39, 0.29) is 11.5 Å². The minimum absolute atomic E-state index is 0.237. The van der Waals surface area contributed by atoms with Gasteiger partial charge in [-0.05, 0) is 37.1 Å². The van der Waals surface area contributed by atoms with Crippen molar-refractivity contribution in [1.82, 2.24) is 9.97 Å². The van der Waals surface area contributed by atoms with Gasteiger partial charge >= 0.3 is 0 Å². The fourth-order valence-corrected chi connectivity index (χ4v) is 1.93. The molecule has 0 aliphatic carbocycles. The van der Waals surface area contributed by atoms with Crippen LogP contribution in [-0.2, 0) is 0 Å². The third-order valence-electron chi connectivity index (χ3n) is 2.59. The Kier molecular flexibility index (Phi) is 3.43. The molecule has 0 saturated carbocycles. The van der Waals surface area contributed by atoms with Gasteiger partial charge in [-0.3, -0.25) is 4.79 Å². The van der Waals surface area contributed by atoms with Crippen LogP contribution < -0.4 is 0 Å². The number of carbonyl (C=O) groups excluding carboxylic acids is 1. The van der Waals surface area contributed by atoms with Crippen molar-refractivity contribution in [3.05, 3.63) is 47.3 Å². The Bertz CT molecular complexity index is 628. The molecule has 0 radical (unpaired) electrons. The molecule has 0 aliphatic heterocycles. The molecular formula is C13H11FN2OS. The molecule has 0 bridgehead atoms. The van der Waals surface area contributed by atoms with Crippen molar-refractivity contribution in [3.8, 4) is 11.1 Å². The molecule has 1 aromatic carbocycles. The standard InChI is InChI=1S/C13H11FN2OS/c1-7-5-9(14)3-4-10(7)11-6-15-8(2)16-12(11)13(17)18/h3-6H,1-2H3,(H,17,18). The number of nitrogens with zero attached hydrogens (tertiary/aromatic N) is 2. The van der Waals surface area contributed by atoms with Gasteiger partial charge in [0.25, 0.3) is 0 Å². The monoisotopic (exact) mass is 262 g/mol. The van der Waals surface area contributed by atoms with Crippen LogP contribution in [0.25, 0.3) is 11.1 Å². The van der Waals surface area contributed by atoms with Crippen molar-refractivity contribution >= 4 is 17.7 Å². The molecule has 2 aromatic rings. The van der Waals surface area contributed by atoms with Crippen molar-refractivity contribution in [3.63, 3.8) is 0 Å². The highest BCUT2D eigenvalue weighted by Crippen LogP contribution is 2.26. The Morgan fingerprint density at radius 2 is 2.00 bits per heavy atom. The van der Waals surface area contributed by atoms with E-state index in [1.165, 1.54) is 12.1 Å². The van der Waals surface area contributed by atoms with Gasteiger partial charge in [-0.25, -0.2) is 14.4 Å². The molecule has 2 rings (SSSR count). The molecular weight excluding hydrogens is 251 g/mol. The number of carbonyl (C=O) groups is 1. The van der Waals surface area contributed by atoms with E-state index in [0.717, 1.165) is 11.1 Å². The number of hydrogen-bond donors (Lipinski definition) is 1. The van der Waals surface area contributed by atoms with Crippen LogP contribution in [-0.4, -0.2) is 15.1 Å². The highest BCUT2D eigenvalue weighted by Gasteiger charge is 2.14. The second kappa shape index (κ2) is 4.86. The largest absolute Gasteiger partial charge is 0.280 e. The van der Waals surface area contributed by atoms with Crippen LogP contribution in [0.5, 0.6) is 0 Å². The Hall–Kier alpha value is -1.75. The summed E-state index contributed by atoms with van der Waals surface area (Å²) in [4.78, 5) is 19.6. The number of aromatic nitrogens is 2. The van der Waals surface area contributed by atoms with Gasteiger partial charge in [0.1, 0.15) is 17.3 Å². The average molecular weight is 262 g/mol. The summed E-state index contributed by atoms with van der Waals surface area (Å²) in [5.41, 5.74) is 2.26. The SMILES string of the molecule is Cc1ncc(-c2ccc(F)cc2C)c(C(=O)S)n1. The third-order valence-corrected chi connectivity index (χ3v) is 2.80. The lowest BCUT2D eigenvalue weighted by Crippen LogP contribution is -2.03. The summed E-state index contributed by atoms with van der Waals surface area (Å²) in [5.74, 6) is 0.180. The lowest BCUT2D eigenvalue weighted by molar-refractivity contribution is 0.108. The van der Waals surface area contributed by atoms with E-state index >= 15 is 0 Å². The Labute approximate surface area is 110 Å². The van der Waals surface area contributed by atoms with Crippen molar-refractivity contribution in [1.29, 1.82) is 0 Å². The van der Waals surface area contributed by atoms with Crippen molar-refractivity contribution in [2.45, 2.75) is 13.8 Å². The van der Waals surface area contributed by atoms with Gasteiger partial charge in [0, 0.05) is 11.8 Å². The van der Waals surface area contributed by atoms with E-state index in [1.807, 2.05) is 0 Å². The Morgan fingerprint density at radius 3 is 2.61 bits per heavy atom. The first-order valence-electron chi connectivity index (χ1n) is 5.32. The fraction of sp³-hybridized carbons (Fsp3) is 0.154. The lowest BCUT2D eigenvalue weighted by Gasteiger charge is -2.09. The van der Waals surface area contributed by atoms with Crippen LogP contribution in [0.4, 0.5) is 4.39 Å². The second-order valence-electron chi connectivity index (χ2n) is 3.94. The van der Waals surface area contributed by atoms with E-state index in [9.17, 15) is 9.18 Å². The summed E-state index contributed by atoms with van der Waals surface area (Å²) in [7, 11) is 0. The van der Waals surface area contributed by atoms with Gasteiger partial charge in [-0.15, -0.1) is 0 Å². The summed E-state index contributed by atoms with van der Waals surface area (Å²) in [5, 5.41) is -0.431. The molecule has 18 heavy (non-hydrogen) atoms. The first-order valence-corrected chi connectivity index (χ1v) is 5.77. The molecule has 0 spiro atoms. The van der Waals surface area contributed by atoms with Gasteiger partial charge in [-0.2, -0.15) is 0 Å². The fourth-order valence-electron chi connectivity index (χ4n) is 1.76. The molecule has 0 N–H and O–H groups in total. The molecule has 0 saturated heterocycles. The number of rotatable bonds is 2. The van der Waals surface area contributed by atoms with E-state index in [0.29, 0.717) is 11.4 Å². The van der Waals surface area contributed by atoms with E-state index in [4.69, 9.17) is 0 Å². The summed E-state index contributed by atoms with van der Waals surface area (Å²) in [6.07, 6.45) is 1.56. The van der Waals surface area contributed by atoms with Crippen molar-refractivity contribution < 1.29 is 9.18 Å². The number of benzene rings is 1. The average Bonchev–Trinajstić information content (AvgIpc) is 2.29. The molecule has 0 amide bonds. The first-order chi connectivity index (χ1) is 8.49. The number of aryl methyl sites for hydroxylation is 2. The first kappa shape index (κ1) is 12.7. The molecule has 0 atom stereocenters. The Balaban J connectivity index is 2.67. The highest BCUT2D eigenvalue weighted by molar-refractivity contribution is 7.97. The molecule has 0 fully saturated rings. The van der Waals surface area contributed by atoms with Gasteiger partial charge in [0.15, 0.2) is 0 Å². The number of thiol groups is 1. The van der Waals surface area contributed by atoms with Crippen LogP contribution in [0, 0.1) is 19.7 Å². The van der Waals surface area contributed by atoms with E-state index in [2.05, 4.69) is 22.6 Å². The van der Waals surface area contributed by atoms with Gasteiger partial charge < -0.3 is 0 Å². The predicted molar refractivity (Wildman–Crippen MR) is 70.2 cm³/mol. The summed E-state index contributed by atoms with van der Waals surface area (Å²) >= 11 is 3.81. The van der Waals surface area contributed by atoms with Gasteiger partial charge in [0.2, 0.25) is 5.12 Å². The van der Waals surface area contributed by atoms with E-state index < -0.39 is 5.12 Å². The summed E-state index contributed by atoms with van der Waals surface area (Å²) in [6.45, 7) is 3.46. The zero-order valence-electron chi connectivity index (χ0n) is 9.94. The zero-order valence-corrected chi connectivity index (χ0v) is 10.8. The number of halogens is 1. The van der Waals surface area contributed by atoms with Crippen LogP contribution in [0.2, 0.25) is 0 Å². The molecule has 1 heterocycles. The van der Waals surface area contributed by atoms with Crippen molar-refractivity contribution in [2.24, 2.45) is 0 Å². The maximum absolute atomic E-state index is 13.1. The summed E-state index contributed by atoms with van der Waals surface area (Å²) < 4.78 is 13.1. The second-order valence-corrected chi connectivity index (χ2v) is 4.35. The molecule has 0 unspecified atom stereocenters. The normalized spacial score (nSPS) is 10.4. The van der Waals surface area contributed by atoms with Crippen LogP contribution in [0.3, 0.4) is 0 Å². The number of hydrogen-bond acceptors (Lipinski definition) is 3. The van der Waals surface area contributed by atoms with Gasteiger partial charge in [0.05, 0.1) is 0 Å². The third kappa shape index (κ3) is 2.41. The highest BCUT2D eigenvalue weighted by atomic mass is 32.1. The summed E-state index contributed by atoms with van der Waals surface area (Å²) in [6, 6.07) is 4.36. The Morgan fingerprint density at radius 1 is 1.28 bits per heavy atom. The zero-order chi connectivity index (χ0) is 13.3. The smallest absolute Gasteiger partial charge is 0.235 e. The predicted octanol–water partition coefficient (Wildman–Crippen LogP) is 2.97. The van der Waals surface area contributed by atoms with Crippen LogP contribution >= 0.6 is 12.6 Å². The lowest BCUT2D eigenvalue weighted by atomic mass is 10.0. The maximum atomic E-state index is 13.1. The van der Waals surface area contributed by atoms with Gasteiger partial charge in [-0.1, -0.05) is 18.7 Å². The topological polar surface area (TPSA) is 42.9 Å². The molecule has 5 heteroatoms. The molecule has 1 aromatic heterocycles. The molecule has 92 valence electrons. The maximum Gasteiger partial charge on any atom is 0.235 e. The van der Waals surface area contributed by atoms with E-state index in [1.54, 1.807) is 26.1 Å². The van der Waals surface area contributed by atoms with Crippen LogP contribution in [0.1, 0.15) is 21.9 Å². The van der Waals surface area contributed by atoms with Crippen LogP contribution in [0.15, 0.2) is 24.4 Å². The minimum atomic E-state index is -0.431.